The van der Waals surface area contributed by atoms with Gasteiger partial charge in [-0.15, -0.1) is 0 Å². The molecule has 0 spiro atoms. The van der Waals surface area contributed by atoms with Crippen LogP contribution in [0.1, 0.15) is 24.4 Å². The van der Waals surface area contributed by atoms with Crippen molar-refractivity contribution in [1.82, 2.24) is 0 Å². The number of furan rings is 1. The first kappa shape index (κ1) is 9.34. The average molecular weight is 186 g/mol. The van der Waals surface area contributed by atoms with Gasteiger partial charge in [0.25, 0.3) is 0 Å². The Morgan fingerprint density at radius 3 is 2.79 bits per heavy atom. The summed E-state index contributed by atoms with van der Waals surface area (Å²) in [7, 11) is 5.77. The summed E-state index contributed by atoms with van der Waals surface area (Å²) >= 11 is 0. The molecule has 0 aliphatic carbocycles. The van der Waals surface area contributed by atoms with Gasteiger partial charge in [-0.2, -0.15) is 0 Å². The molecule has 0 fully saturated rings. The summed E-state index contributed by atoms with van der Waals surface area (Å²) in [4.78, 5) is 0. The van der Waals surface area contributed by atoms with Crippen molar-refractivity contribution in [3.05, 3.63) is 29.5 Å². The van der Waals surface area contributed by atoms with Crippen LogP contribution in [0.25, 0.3) is 11.0 Å². The van der Waals surface area contributed by atoms with Gasteiger partial charge < -0.3 is 9.52 Å². The maximum Gasteiger partial charge on any atom is 0.134 e. The first-order valence-corrected chi connectivity index (χ1v) is 4.56. The van der Waals surface area contributed by atoms with Gasteiger partial charge in [0.1, 0.15) is 25.3 Å². The van der Waals surface area contributed by atoms with E-state index in [1.165, 1.54) is 0 Å². The van der Waals surface area contributed by atoms with Crippen LogP contribution in [0.5, 0.6) is 0 Å². The Labute approximate surface area is 83.9 Å². The maximum atomic E-state index is 9.36. The Hall–Kier alpha value is -1.22. The van der Waals surface area contributed by atoms with Crippen molar-refractivity contribution >= 4 is 24.3 Å². The summed E-state index contributed by atoms with van der Waals surface area (Å²) in [5, 5.41) is 10.3. The minimum Gasteiger partial charge on any atom is -0.458 e. The van der Waals surface area contributed by atoms with Crippen molar-refractivity contribution in [1.29, 1.82) is 0 Å². The van der Waals surface area contributed by atoms with Crippen LogP contribution in [-0.4, -0.2) is 13.0 Å². The second kappa shape index (κ2) is 3.17. The van der Waals surface area contributed by atoms with E-state index < -0.39 is 6.10 Å². The maximum absolute atomic E-state index is 9.36. The lowest BCUT2D eigenvalue weighted by molar-refractivity contribution is 0.172. The Morgan fingerprint density at radius 2 is 2.14 bits per heavy atom. The number of hydrogen-bond donors (Lipinski definition) is 1. The molecule has 0 saturated heterocycles. The van der Waals surface area contributed by atoms with Gasteiger partial charge in [-0.25, -0.2) is 0 Å². The van der Waals surface area contributed by atoms with E-state index in [0.29, 0.717) is 5.76 Å². The van der Waals surface area contributed by atoms with Gasteiger partial charge in [0.05, 0.1) is 0 Å². The molecule has 0 saturated carbocycles. The molecule has 2 aromatic rings. The van der Waals surface area contributed by atoms with Crippen molar-refractivity contribution in [2.24, 2.45) is 0 Å². The van der Waals surface area contributed by atoms with Crippen molar-refractivity contribution in [3.63, 3.8) is 0 Å². The van der Waals surface area contributed by atoms with E-state index >= 15 is 0 Å². The van der Waals surface area contributed by atoms with E-state index in [-0.39, 0.29) is 0 Å². The van der Waals surface area contributed by atoms with Crippen molar-refractivity contribution in [2.75, 3.05) is 0 Å². The molecule has 1 atom stereocenters. The Kier molecular flexibility index (Phi) is 2.12. The average Bonchev–Trinajstić information content (AvgIpc) is 2.56. The lowest BCUT2D eigenvalue weighted by atomic mass is 9.89. The van der Waals surface area contributed by atoms with Gasteiger partial charge in [-0.3, -0.25) is 0 Å². The van der Waals surface area contributed by atoms with Crippen LogP contribution in [0.2, 0.25) is 0 Å². The number of aliphatic hydroxyl groups excluding tert-OH is 1. The molecular formula is C11H11BO2. The van der Waals surface area contributed by atoms with Gasteiger partial charge in [0.15, 0.2) is 0 Å². The van der Waals surface area contributed by atoms with E-state index in [1.54, 1.807) is 6.92 Å². The Morgan fingerprint density at radius 1 is 1.43 bits per heavy atom. The van der Waals surface area contributed by atoms with Crippen molar-refractivity contribution in [2.45, 2.75) is 20.0 Å². The third-order valence-corrected chi connectivity index (χ3v) is 2.44. The fraction of sp³-hybridized carbons (Fsp3) is 0.273. The molecule has 2 radical (unpaired) electrons. The Bertz CT molecular complexity index is 471. The molecule has 3 heteroatoms. The molecule has 1 aromatic heterocycles. The van der Waals surface area contributed by atoms with Gasteiger partial charge in [-0.1, -0.05) is 11.5 Å². The molecule has 0 aliphatic rings. The predicted octanol–water partition coefficient (Wildman–Crippen LogP) is 1.59. The fourth-order valence-corrected chi connectivity index (χ4v) is 1.49. The highest BCUT2D eigenvalue weighted by Gasteiger charge is 2.10. The zero-order valence-corrected chi connectivity index (χ0v) is 8.24. The van der Waals surface area contributed by atoms with E-state index in [1.807, 2.05) is 25.1 Å². The number of fused-ring (bicyclic) bond motifs is 1. The third-order valence-electron chi connectivity index (χ3n) is 2.44. The van der Waals surface area contributed by atoms with E-state index in [0.717, 1.165) is 22.0 Å². The van der Waals surface area contributed by atoms with Crippen LogP contribution in [-0.2, 0) is 0 Å². The molecule has 0 amide bonds. The number of rotatable bonds is 1. The topological polar surface area (TPSA) is 33.4 Å². The largest absolute Gasteiger partial charge is 0.458 e. The van der Waals surface area contributed by atoms with Gasteiger partial charge in [-0.05, 0) is 31.5 Å². The molecular weight excluding hydrogens is 175 g/mol. The molecule has 1 N–H and O–H groups in total. The number of aliphatic hydroxyl groups is 1. The Balaban J connectivity index is 2.71. The first-order chi connectivity index (χ1) is 6.59. The van der Waals surface area contributed by atoms with Crippen LogP contribution in [0.15, 0.2) is 22.6 Å². The zero-order chi connectivity index (χ0) is 10.3. The number of benzene rings is 1. The summed E-state index contributed by atoms with van der Waals surface area (Å²) in [6.45, 7) is 3.62. The third kappa shape index (κ3) is 1.34. The second-order valence-corrected chi connectivity index (χ2v) is 3.52. The van der Waals surface area contributed by atoms with Crippen molar-refractivity contribution < 1.29 is 9.52 Å². The second-order valence-electron chi connectivity index (χ2n) is 3.52. The van der Waals surface area contributed by atoms with Crippen LogP contribution in [0.4, 0.5) is 0 Å². The number of aryl methyl sites for hydroxylation is 1. The fourth-order valence-electron chi connectivity index (χ4n) is 1.49. The molecule has 1 unspecified atom stereocenters. The van der Waals surface area contributed by atoms with Crippen LogP contribution < -0.4 is 5.46 Å². The summed E-state index contributed by atoms with van der Waals surface area (Å²) in [6.07, 6.45) is -0.581. The predicted molar refractivity (Wildman–Crippen MR) is 57.0 cm³/mol. The molecule has 70 valence electrons. The van der Waals surface area contributed by atoms with Gasteiger partial charge in [0.2, 0.25) is 0 Å². The van der Waals surface area contributed by atoms with Gasteiger partial charge in [0, 0.05) is 5.39 Å². The molecule has 1 aromatic carbocycles. The highest BCUT2D eigenvalue weighted by molar-refractivity contribution is 6.34. The van der Waals surface area contributed by atoms with Crippen molar-refractivity contribution in [3.8, 4) is 0 Å². The van der Waals surface area contributed by atoms with Crippen LogP contribution in [0.3, 0.4) is 0 Å². The normalized spacial score (nSPS) is 13.4. The SMILES string of the molecule is [B]c1ccc2oc(C(C)O)cc2c1C. The van der Waals surface area contributed by atoms with Crippen LogP contribution in [0, 0.1) is 6.92 Å². The summed E-state index contributed by atoms with van der Waals surface area (Å²) in [5.41, 5.74) is 2.51. The standard InChI is InChI=1S/C11H11BO2/c1-6-8-5-11(7(2)13)14-10(8)4-3-9(6)12/h3-5,7,13H,1-2H3. The van der Waals surface area contributed by atoms with E-state index in [4.69, 9.17) is 12.3 Å². The summed E-state index contributed by atoms with van der Waals surface area (Å²) in [5.74, 6) is 0.578. The quantitative estimate of drug-likeness (QED) is 0.686. The number of hydrogen-bond acceptors (Lipinski definition) is 2. The minimum absolute atomic E-state index is 0.578. The molecule has 1 heterocycles. The lowest BCUT2D eigenvalue weighted by Gasteiger charge is -1.98. The summed E-state index contributed by atoms with van der Waals surface area (Å²) in [6, 6.07) is 5.47. The minimum atomic E-state index is -0.581. The molecule has 0 aliphatic heterocycles. The molecule has 2 nitrogen and oxygen atoms in total. The molecule has 0 bridgehead atoms. The summed E-state index contributed by atoms with van der Waals surface area (Å²) < 4.78 is 5.46. The van der Waals surface area contributed by atoms with E-state index in [2.05, 4.69) is 0 Å². The highest BCUT2D eigenvalue weighted by Crippen LogP contribution is 2.24. The highest BCUT2D eigenvalue weighted by atomic mass is 16.4. The smallest absolute Gasteiger partial charge is 0.134 e. The molecule has 2 rings (SSSR count). The monoisotopic (exact) mass is 186 g/mol. The van der Waals surface area contributed by atoms with E-state index in [9.17, 15) is 5.11 Å². The first-order valence-electron chi connectivity index (χ1n) is 4.56. The lowest BCUT2D eigenvalue weighted by Crippen LogP contribution is -2.05. The molecule has 14 heavy (non-hydrogen) atoms. The van der Waals surface area contributed by atoms with Gasteiger partial charge >= 0.3 is 0 Å². The zero-order valence-electron chi connectivity index (χ0n) is 8.24. The van der Waals surface area contributed by atoms with Crippen LogP contribution >= 0.6 is 0 Å².